The highest BCUT2D eigenvalue weighted by Gasteiger charge is 2.06. The van der Waals surface area contributed by atoms with Gasteiger partial charge in [-0.1, -0.05) is 0 Å². The minimum atomic E-state index is 0.475. The van der Waals surface area contributed by atoms with E-state index in [4.69, 9.17) is 0 Å². The molecule has 0 aliphatic heterocycles. The molecule has 2 heterocycles. The molecule has 0 amide bonds. The van der Waals surface area contributed by atoms with Crippen molar-refractivity contribution >= 4 is 6.29 Å². The Morgan fingerprint density at radius 3 is 2.31 bits per heavy atom. The lowest BCUT2D eigenvalue weighted by atomic mass is 10.2. The lowest BCUT2D eigenvalue weighted by Gasteiger charge is -2.09. The Hall–Kier alpha value is -1.90. The summed E-state index contributed by atoms with van der Waals surface area (Å²) in [5.74, 6) is 0.808. The third-order valence-electron chi connectivity index (χ3n) is 2.60. The fourth-order valence-corrected chi connectivity index (χ4v) is 1.88. The minimum Gasteiger partial charge on any atom is -0.303 e. The van der Waals surface area contributed by atoms with Crippen molar-refractivity contribution in [3.05, 3.63) is 46.9 Å². The maximum atomic E-state index is 10.8. The van der Waals surface area contributed by atoms with Gasteiger partial charge in [0.25, 0.3) is 0 Å². The molecular weight excluding hydrogens is 200 g/mol. The van der Waals surface area contributed by atoms with E-state index in [0.717, 1.165) is 29.1 Å². The van der Waals surface area contributed by atoms with E-state index in [1.165, 1.54) is 0 Å². The molecule has 0 atom stereocenters. The smallest absolute Gasteiger partial charge is 0.168 e. The minimum absolute atomic E-state index is 0.475. The predicted molar refractivity (Wildman–Crippen MR) is 63.2 cm³/mol. The van der Waals surface area contributed by atoms with Gasteiger partial charge >= 0.3 is 0 Å². The van der Waals surface area contributed by atoms with Crippen LogP contribution in [0, 0.1) is 20.8 Å². The van der Waals surface area contributed by atoms with E-state index >= 15 is 0 Å². The van der Waals surface area contributed by atoms with Crippen molar-refractivity contribution in [1.29, 1.82) is 0 Å². The molecule has 2 aromatic heterocycles. The van der Waals surface area contributed by atoms with Crippen molar-refractivity contribution in [2.45, 2.75) is 20.8 Å². The average molecular weight is 214 g/mol. The monoisotopic (exact) mass is 214 g/mol. The first kappa shape index (κ1) is 10.6. The van der Waals surface area contributed by atoms with Crippen LogP contribution in [0.5, 0.6) is 0 Å². The third-order valence-corrected chi connectivity index (χ3v) is 2.60. The molecule has 16 heavy (non-hydrogen) atoms. The second-order valence-corrected chi connectivity index (χ2v) is 4.00. The fraction of sp³-hybridized carbons (Fsp3) is 0.231. The average Bonchev–Trinajstić information content (AvgIpc) is 2.57. The molecule has 0 bridgehead atoms. The SMILES string of the molecule is Cc1cc(C=O)nc(-n2c(C)ccc2C)c1. The first-order valence-electron chi connectivity index (χ1n) is 5.21. The zero-order valence-corrected chi connectivity index (χ0v) is 9.69. The number of aromatic nitrogens is 2. The summed E-state index contributed by atoms with van der Waals surface area (Å²) in [4.78, 5) is 15.1. The van der Waals surface area contributed by atoms with Gasteiger partial charge in [-0.25, -0.2) is 4.98 Å². The van der Waals surface area contributed by atoms with Gasteiger partial charge in [-0.2, -0.15) is 0 Å². The van der Waals surface area contributed by atoms with Crippen LogP contribution in [0.15, 0.2) is 24.3 Å². The fourth-order valence-electron chi connectivity index (χ4n) is 1.88. The number of hydrogen-bond donors (Lipinski definition) is 0. The Morgan fingerprint density at radius 2 is 1.75 bits per heavy atom. The quantitative estimate of drug-likeness (QED) is 0.720. The Morgan fingerprint density at radius 1 is 1.12 bits per heavy atom. The number of carbonyl (C=O) groups excluding carboxylic acids is 1. The van der Waals surface area contributed by atoms with Crippen LogP contribution in [-0.4, -0.2) is 15.8 Å². The molecule has 0 aromatic carbocycles. The summed E-state index contributed by atoms with van der Waals surface area (Å²) in [5.41, 5.74) is 3.75. The molecule has 0 aliphatic carbocycles. The first-order chi connectivity index (χ1) is 7.61. The summed E-state index contributed by atoms with van der Waals surface area (Å²) in [6, 6.07) is 7.84. The summed E-state index contributed by atoms with van der Waals surface area (Å²) in [7, 11) is 0. The molecule has 2 rings (SSSR count). The molecule has 2 aromatic rings. The van der Waals surface area contributed by atoms with Gasteiger partial charge in [-0.05, 0) is 50.6 Å². The van der Waals surface area contributed by atoms with E-state index in [0.29, 0.717) is 5.69 Å². The van der Waals surface area contributed by atoms with E-state index in [-0.39, 0.29) is 0 Å². The molecule has 0 unspecified atom stereocenters. The topological polar surface area (TPSA) is 34.9 Å². The predicted octanol–water partition coefficient (Wildman–Crippen LogP) is 2.61. The second kappa shape index (κ2) is 3.93. The Bertz CT molecular complexity index is 521. The van der Waals surface area contributed by atoms with Crippen molar-refractivity contribution in [2.75, 3.05) is 0 Å². The first-order valence-corrected chi connectivity index (χ1v) is 5.21. The molecule has 0 aliphatic rings. The molecule has 3 heteroatoms. The van der Waals surface area contributed by atoms with Crippen LogP contribution in [0.2, 0.25) is 0 Å². The Kier molecular flexibility index (Phi) is 2.60. The van der Waals surface area contributed by atoms with Crippen LogP contribution >= 0.6 is 0 Å². The normalized spacial score (nSPS) is 10.4. The summed E-state index contributed by atoms with van der Waals surface area (Å²) in [5, 5.41) is 0. The number of aryl methyl sites for hydroxylation is 3. The molecular formula is C13H14N2O. The lowest BCUT2D eigenvalue weighted by Crippen LogP contribution is -2.04. The highest BCUT2D eigenvalue weighted by molar-refractivity contribution is 5.72. The molecule has 3 nitrogen and oxygen atoms in total. The van der Waals surface area contributed by atoms with Crippen LogP contribution in [0.25, 0.3) is 5.82 Å². The summed E-state index contributed by atoms with van der Waals surface area (Å²) < 4.78 is 2.04. The standard InChI is InChI=1S/C13H14N2O/c1-9-6-12(8-16)14-13(7-9)15-10(2)4-5-11(15)3/h4-8H,1-3H3. The van der Waals surface area contributed by atoms with Crippen LogP contribution < -0.4 is 0 Å². The van der Waals surface area contributed by atoms with E-state index in [9.17, 15) is 4.79 Å². The second-order valence-electron chi connectivity index (χ2n) is 4.00. The zero-order chi connectivity index (χ0) is 11.7. The Labute approximate surface area is 94.7 Å². The number of aldehydes is 1. The van der Waals surface area contributed by atoms with Gasteiger partial charge in [0.1, 0.15) is 11.5 Å². The maximum absolute atomic E-state index is 10.8. The largest absolute Gasteiger partial charge is 0.303 e. The third kappa shape index (κ3) is 1.76. The summed E-state index contributed by atoms with van der Waals surface area (Å²) in [6.45, 7) is 6.02. The molecule has 0 saturated heterocycles. The number of nitrogens with zero attached hydrogens (tertiary/aromatic N) is 2. The number of pyridine rings is 1. The van der Waals surface area contributed by atoms with Crippen LogP contribution in [0.1, 0.15) is 27.4 Å². The number of hydrogen-bond acceptors (Lipinski definition) is 2. The zero-order valence-electron chi connectivity index (χ0n) is 9.69. The van der Waals surface area contributed by atoms with Crippen molar-refractivity contribution in [3.63, 3.8) is 0 Å². The van der Waals surface area contributed by atoms with Crippen LogP contribution in [0.4, 0.5) is 0 Å². The molecule has 82 valence electrons. The van der Waals surface area contributed by atoms with Crippen molar-refractivity contribution in [2.24, 2.45) is 0 Å². The number of rotatable bonds is 2. The highest BCUT2D eigenvalue weighted by Crippen LogP contribution is 2.15. The highest BCUT2D eigenvalue weighted by atomic mass is 16.1. The van der Waals surface area contributed by atoms with Crippen molar-refractivity contribution < 1.29 is 4.79 Å². The van der Waals surface area contributed by atoms with Gasteiger partial charge in [-0.3, -0.25) is 4.79 Å². The Balaban J connectivity index is 2.64. The van der Waals surface area contributed by atoms with Crippen LogP contribution in [0.3, 0.4) is 0 Å². The number of carbonyl (C=O) groups is 1. The molecule has 0 N–H and O–H groups in total. The van der Waals surface area contributed by atoms with Gasteiger partial charge in [0.2, 0.25) is 0 Å². The van der Waals surface area contributed by atoms with Gasteiger partial charge in [0.05, 0.1) is 0 Å². The molecule has 0 saturated carbocycles. The lowest BCUT2D eigenvalue weighted by molar-refractivity contribution is 0.111. The van der Waals surface area contributed by atoms with Gasteiger partial charge < -0.3 is 4.57 Å². The van der Waals surface area contributed by atoms with Crippen LogP contribution in [-0.2, 0) is 0 Å². The van der Waals surface area contributed by atoms with Crippen molar-refractivity contribution in [1.82, 2.24) is 9.55 Å². The molecule has 0 spiro atoms. The molecule has 0 radical (unpaired) electrons. The van der Waals surface area contributed by atoms with E-state index < -0.39 is 0 Å². The van der Waals surface area contributed by atoms with Gasteiger partial charge in [-0.15, -0.1) is 0 Å². The van der Waals surface area contributed by atoms with E-state index in [2.05, 4.69) is 4.98 Å². The van der Waals surface area contributed by atoms with E-state index in [1.807, 2.05) is 43.5 Å². The molecule has 0 fully saturated rings. The van der Waals surface area contributed by atoms with Crippen molar-refractivity contribution in [3.8, 4) is 5.82 Å². The van der Waals surface area contributed by atoms with Gasteiger partial charge in [0, 0.05) is 11.4 Å². The maximum Gasteiger partial charge on any atom is 0.168 e. The summed E-state index contributed by atoms with van der Waals surface area (Å²) in [6.07, 6.45) is 0.782. The van der Waals surface area contributed by atoms with Gasteiger partial charge in [0.15, 0.2) is 6.29 Å². The summed E-state index contributed by atoms with van der Waals surface area (Å²) >= 11 is 0. The van der Waals surface area contributed by atoms with E-state index in [1.54, 1.807) is 6.07 Å².